The third-order valence-electron chi connectivity index (χ3n) is 5.31. The van der Waals surface area contributed by atoms with Crippen LogP contribution in [-0.2, 0) is 15.8 Å². The lowest BCUT2D eigenvalue weighted by Gasteiger charge is -2.17. The minimum Gasteiger partial charge on any atom is -0.371 e. The average Bonchev–Trinajstić information content (AvgIpc) is 3.30. The van der Waals surface area contributed by atoms with Crippen LogP contribution in [0.15, 0.2) is 36.9 Å². The van der Waals surface area contributed by atoms with E-state index in [2.05, 4.69) is 35.9 Å². The van der Waals surface area contributed by atoms with Gasteiger partial charge in [-0.1, -0.05) is 19.9 Å². The van der Waals surface area contributed by atoms with Crippen molar-refractivity contribution in [1.82, 2.24) is 29.8 Å². The van der Waals surface area contributed by atoms with Crippen LogP contribution in [0.1, 0.15) is 43.1 Å². The van der Waals surface area contributed by atoms with Gasteiger partial charge in [0.05, 0.1) is 18.6 Å². The Morgan fingerprint density at radius 1 is 1.05 bits per heavy atom. The lowest BCUT2D eigenvalue weighted by atomic mass is 10.1. The second kappa shape index (κ2) is 11.1. The first-order valence-corrected chi connectivity index (χ1v) is 11.1. The number of ketones is 1. The first-order valence-electron chi connectivity index (χ1n) is 11.1. The summed E-state index contributed by atoms with van der Waals surface area (Å²) in [6, 6.07) is 3.66. The molecule has 0 aliphatic rings. The van der Waals surface area contributed by atoms with E-state index in [-0.39, 0.29) is 46.8 Å². The molecule has 0 fully saturated rings. The van der Waals surface area contributed by atoms with E-state index in [0.717, 1.165) is 12.4 Å². The van der Waals surface area contributed by atoms with Gasteiger partial charge in [0, 0.05) is 30.9 Å². The molecule has 3 N–H and O–H groups in total. The number of hydrogen-bond acceptors (Lipinski definition) is 8. The summed E-state index contributed by atoms with van der Waals surface area (Å²) < 4.78 is 39.5. The minimum atomic E-state index is -4.67. The van der Waals surface area contributed by atoms with Crippen molar-refractivity contribution in [2.24, 2.45) is 5.92 Å². The number of anilines is 2. The van der Waals surface area contributed by atoms with Crippen molar-refractivity contribution >= 4 is 29.2 Å². The zero-order chi connectivity index (χ0) is 27.3. The minimum absolute atomic E-state index is 0.0605. The molecule has 0 unspecified atom stereocenters. The van der Waals surface area contributed by atoms with Crippen LogP contribution in [-0.4, -0.2) is 55.7 Å². The molecule has 14 heteroatoms. The molecule has 0 radical (unpaired) electrons. The van der Waals surface area contributed by atoms with E-state index in [9.17, 15) is 27.6 Å². The summed E-state index contributed by atoms with van der Waals surface area (Å²) in [4.78, 5) is 52.7. The molecule has 0 spiro atoms. The maximum atomic E-state index is 13.0. The van der Waals surface area contributed by atoms with Crippen molar-refractivity contribution in [2.75, 3.05) is 24.2 Å². The van der Waals surface area contributed by atoms with E-state index >= 15 is 0 Å². The molecule has 0 aromatic carbocycles. The Hall–Kier alpha value is -4.36. The van der Waals surface area contributed by atoms with Crippen LogP contribution in [0.3, 0.4) is 0 Å². The second-order valence-electron chi connectivity index (χ2n) is 8.27. The smallest absolute Gasteiger partial charge is 0.371 e. The summed E-state index contributed by atoms with van der Waals surface area (Å²) in [6.07, 6.45) is -1.37. The number of aromatic nitrogens is 5. The number of rotatable bonds is 9. The monoisotopic (exact) mass is 518 g/mol. The van der Waals surface area contributed by atoms with Gasteiger partial charge in [0.15, 0.2) is 17.3 Å². The number of Topliss-reactive ketones (excluding diaryl/α,β-unsaturated/α-hetero) is 1. The van der Waals surface area contributed by atoms with Gasteiger partial charge in [0.25, 0.3) is 5.91 Å². The number of pyridine rings is 1. The molecule has 196 valence electrons. The number of imidazole rings is 1. The largest absolute Gasteiger partial charge is 0.451 e. The number of nitrogens with one attached hydrogen (secondary N) is 3. The predicted molar refractivity (Wildman–Crippen MR) is 128 cm³/mol. The van der Waals surface area contributed by atoms with Crippen molar-refractivity contribution in [2.45, 2.75) is 33.0 Å². The lowest BCUT2D eigenvalue weighted by molar-refractivity contribution is -0.145. The van der Waals surface area contributed by atoms with Crippen LogP contribution in [0.4, 0.5) is 24.8 Å². The molecule has 3 rings (SSSR count). The summed E-state index contributed by atoms with van der Waals surface area (Å²) in [5.74, 6) is -2.46. The molecule has 0 aliphatic carbocycles. The highest BCUT2D eigenvalue weighted by atomic mass is 19.4. The fourth-order valence-electron chi connectivity index (χ4n) is 3.15. The summed E-state index contributed by atoms with van der Waals surface area (Å²) in [5, 5.41) is 7.95. The normalized spacial score (nSPS) is 12.2. The zero-order valence-corrected chi connectivity index (χ0v) is 20.4. The zero-order valence-electron chi connectivity index (χ0n) is 20.4. The maximum absolute atomic E-state index is 13.0. The molecule has 0 saturated carbocycles. The topological polar surface area (TPSA) is 144 Å². The number of carbonyl (C=O) groups is 3. The van der Waals surface area contributed by atoms with E-state index in [1.165, 1.54) is 23.0 Å². The molecule has 3 heterocycles. The van der Waals surface area contributed by atoms with Crippen molar-refractivity contribution in [3.8, 4) is 11.3 Å². The van der Waals surface area contributed by atoms with Crippen LogP contribution in [0.2, 0.25) is 0 Å². The van der Waals surface area contributed by atoms with E-state index in [1.54, 1.807) is 33.9 Å². The van der Waals surface area contributed by atoms with Gasteiger partial charge in [0.1, 0.15) is 11.9 Å². The number of carbonyl (C=O) groups excluding carboxylic acids is 3. The summed E-state index contributed by atoms with van der Waals surface area (Å²) in [7, 11) is 1.56. The summed E-state index contributed by atoms with van der Waals surface area (Å²) in [6.45, 7) is 4.81. The van der Waals surface area contributed by atoms with Crippen LogP contribution in [0.25, 0.3) is 11.3 Å². The SMILES string of the molecule is CNc1ncn([C@@H](C)C(=O)Nc2cccc(-c3cnc(C(F)(F)F)nc3)n2)c1C(=O)NCC(=O)C(C)C. The third-order valence-corrected chi connectivity index (χ3v) is 5.31. The molecule has 37 heavy (non-hydrogen) atoms. The third kappa shape index (κ3) is 6.45. The number of alkyl halides is 3. The van der Waals surface area contributed by atoms with Crippen LogP contribution in [0.5, 0.6) is 0 Å². The van der Waals surface area contributed by atoms with Crippen molar-refractivity contribution < 1.29 is 27.6 Å². The Balaban J connectivity index is 1.77. The van der Waals surface area contributed by atoms with Gasteiger partial charge >= 0.3 is 6.18 Å². The van der Waals surface area contributed by atoms with Crippen LogP contribution < -0.4 is 16.0 Å². The fourth-order valence-corrected chi connectivity index (χ4v) is 3.15. The highest BCUT2D eigenvalue weighted by Gasteiger charge is 2.34. The van der Waals surface area contributed by atoms with Gasteiger partial charge in [-0.05, 0) is 19.1 Å². The average molecular weight is 519 g/mol. The second-order valence-corrected chi connectivity index (χ2v) is 8.27. The molecule has 3 aromatic heterocycles. The summed E-state index contributed by atoms with van der Waals surface area (Å²) >= 11 is 0. The van der Waals surface area contributed by atoms with Crippen molar-refractivity contribution in [3.05, 3.63) is 48.4 Å². The molecule has 0 saturated heterocycles. The highest BCUT2D eigenvalue weighted by molar-refractivity contribution is 6.00. The number of hydrogen-bond donors (Lipinski definition) is 3. The van der Waals surface area contributed by atoms with Crippen LogP contribution in [0, 0.1) is 5.92 Å². The fraction of sp³-hybridized carbons (Fsp3) is 0.348. The molecule has 11 nitrogen and oxygen atoms in total. The Kier molecular flexibility index (Phi) is 8.20. The number of halogens is 3. The van der Waals surface area contributed by atoms with E-state index < -0.39 is 29.9 Å². The molecule has 0 aliphatic heterocycles. The Morgan fingerprint density at radius 2 is 1.73 bits per heavy atom. The quantitative estimate of drug-likeness (QED) is 0.392. The maximum Gasteiger partial charge on any atom is 0.451 e. The van der Waals surface area contributed by atoms with Gasteiger partial charge in [-0.3, -0.25) is 14.4 Å². The van der Waals surface area contributed by atoms with Crippen LogP contribution >= 0.6 is 0 Å². The first kappa shape index (κ1) is 27.2. The van der Waals surface area contributed by atoms with E-state index in [4.69, 9.17) is 0 Å². The number of nitrogens with zero attached hydrogens (tertiary/aromatic N) is 5. The highest BCUT2D eigenvalue weighted by Crippen LogP contribution is 2.27. The lowest BCUT2D eigenvalue weighted by Crippen LogP contribution is -2.34. The Labute approximate surface area is 209 Å². The molecule has 2 amide bonds. The van der Waals surface area contributed by atoms with Gasteiger partial charge in [-0.25, -0.2) is 19.9 Å². The molecule has 0 bridgehead atoms. The Morgan fingerprint density at radius 3 is 2.32 bits per heavy atom. The van der Waals surface area contributed by atoms with Crippen molar-refractivity contribution in [1.29, 1.82) is 0 Å². The van der Waals surface area contributed by atoms with Gasteiger partial charge in [0.2, 0.25) is 11.7 Å². The first-order chi connectivity index (χ1) is 17.4. The molecular weight excluding hydrogens is 493 g/mol. The standard InChI is InChI=1S/C23H25F3N8O3/c1-12(2)16(35)10-28-21(37)18-19(27-4)31-11-34(18)13(3)20(36)33-17-7-5-6-15(32-17)14-8-29-22(30-9-14)23(24,25)26/h5-9,11-13,27H,10H2,1-4H3,(H,28,37)(H,32,33,36)/t13-/m0/s1. The van der Waals surface area contributed by atoms with E-state index in [1.807, 2.05) is 0 Å². The predicted octanol–water partition coefficient (Wildman–Crippen LogP) is 2.95. The molecular formula is C23H25F3N8O3. The molecule has 1 atom stereocenters. The Bertz CT molecular complexity index is 1290. The van der Waals surface area contributed by atoms with Gasteiger partial charge in [-0.2, -0.15) is 13.2 Å². The van der Waals surface area contributed by atoms with Gasteiger partial charge in [-0.15, -0.1) is 0 Å². The summed E-state index contributed by atoms with van der Waals surface area (Å²) in [5.41, 5.74) is 0.528. The van der Waals surface area contributed by atoms with Crippen molar-refractivity contribution in [3.63, 3.8) is 0 Å². The van der Waals surface area contributed by atoms with E-state index in [0.29, 0.717) is 0 Å². The number of amides is 2. The molecule has 3 aromatic rings. The van der Waals surface area contributed by atoms with Gasteiger partial charge < -0.3 is 20.5 Å².